The molecule has 0 spiro atoms. The number of hydrazine groups is 1. The van der Waals surface area contributed by atoms with E-state index in [0.29, 0.717) is 17.3 Å². The summed E-state index contributed by atoms with van der Waals surface area (Å²) in [6.45, 7) is 6.41. The molecular formula is C25H31ClN6O3. The number of piperidine rings is 1. The van der Waals surface area contributed by atoms with Crippen LogP contribution in [0.4, 0.5) is 5.69 Å². The number of ether oxygens (including phenoxy) is 1. The molecule has 3 aromatic rings. The average Bonchev–Trinajstić information content (AvgIpc) is 3.18. The molecular weight excluding hydrogens is 468 g/mol. The van der Waals surface area contributed by atoms with E-state index >= 15 is 0 Å². The zero-order chi connectivity index (χ0) is 24.6. The van der Waals surface area contributed by atoms with Crippen LogP contribution in [-0.2, 0) is 14.3 Å². The van der Waals surface area contributed by atoms with Crippen molar-refractivity contribution in [1.29, 1.82) is 0 Å². The fourth-order valence-corrected chi connectivity index (χ4v) is 5.21. The molecule has 5 rings (SSSR count). The van der Waals surface area contributed by atoms with Crippen LogP contribution in [0.3, 0.4) is 0 Å². The molecule has 9 nitrogen and oxygen atoms in total. The van der Waals surface area contributed by atoms with Gasteiger partial charge in [0.25, 0.3) is 0 Å². The third-order valence-electron chi connectivity index (χ3n) is 6.68. The lowest BCUT2D eigenvalue weighted by Gasteiger charge is -2.42. The van der Waals surface area contributed by atoms with E-state index in [1.807, 2.05) is 35.9 Å². The lowest BCUT2D eigenvalue weighted by atomic mass is 10.0. The second kappa shape index (κ2) is 9.73. The highest BCUT2D eigenvalue weighted by Crippen LogP contribution is 2.33. The largest absolute Gasteiger partial charge is 0.372 e. The molecule has 2 saturated heterocycles. The number of nitrogens with zero attached hydrogens (tertiary/aromatic N) is 3. The topological polar surface area (TPSA) is 103 Å². The number of hydrogen-bond acceptors (Lipinski definition) is 6. The van der Waals surface area contributed by atoms with Gasteiger partial charge in [-0.3, -0.25) is 24.9 Å². The number of fused-ring (bicyclic) bond motifs is 3. The molecule has 2 aromatic heterocycles. The lowest BCUT2D eigenvalue weighted by Crippen LogP contribution is -2.60. The third-order valence-corrected chi connectivity index (χ3v) is 6.89. The number of H-pyrrole nitrogens is 1. The second-order valence-electron chi connectivity index (χ2n) is 9.99. The monoisotopic (exact) mass is 498 g/mol. The maximum atomic E-state index is 13.5. The zero-order valence-electron chi connectivity index (χ0n) is 20.1. The minimum absolute atomic E-state index is 0.115. The lowest BCUT2D eigenvalue weighted by molar-refractivity contribution is -0.148. The van der Waals surface area contributed by atoms with Crippen LogP contribution in [0.25, 0.3) is 21.8 Å². The quantitative estimate of drug-likeness (QED) is 0.499. The van der Waals surface area contributed by atoms with Crippen LogP contribution in [0.2, 0.25) is 5.02 Å². The number of amides is 2. The number of morpholine rings is 1. The number of anilines is 1. The smallest absolute Gasteiger partial charge is 0.248 e. The Morgan fingerprint density at radius 1 is 1.23 bits per heavy atom. The summed E-state index contributed by atoms with van der Waals surface area (Å²) in [5, 5.41) is 7.40. The number of rotatable bonds is 5. The minimum atomic E-state index is -0.616. The van der Waals surface area contributed by atoms with Crippen LogP contribution >= 0.6 is 11.6 Å². The van der Waals surface area contributed by atoms with Crippen molar-refractivity contribution in [1.82, 2.24) is 25.3 Å². The number of benzene rings is 1. The number of nitrogens with one attached hydrogen (secondary N) is 3. The molecule has 2 fully saturated rings. The summed E-state index contributed by atoms with van der Waals surface area (Å²) in [4.78, 5) is 35.7. The average molecular weight is 499 g/mol. The highest BCUT2D eigenvalue weighted by molar-refractivity contribution is 6.33. The zero-order valence-corrected chi connectivity index (χ0v) is 20.8. The van der Waals surface area contributed by atoms with Gasteiger partial charge in [0.05, 0.1) is 41.7 Å². The fraction of sp³-hybridized carbons (Fsp3) is 0.480. The van der Waals surface area contributed by atoms with E-state index in [4.69, 9.17) is 16.3 Å². The van der Waals surface area contributed by atoms with Crippen molar-refractivity contribution in [2.24, 2.45) is 0 Å². The van der Waals surface area contributed by atoms with E-state index in [0.717, 1.165) is 47.7 Å². The van der Waals surface area contributed by atoms with E-state index in [1.54, 1.807) is 18.5 Å². The van der Waals surface area contributed by atoms with Crippen LogP contribution in [0.1, 0.15) is 33.1 Å². The molecule has 4 heterocycles. The van der Waals surface area contributed by atoms with Crippen LogP contribution in [0.5, 0.6) is 0 Å². The molecule has 186 valence electrons. The van der Waals surface area contributed by atoms with Crippen LogP contribution in [0, 0.1) is 0 Å². The van der Waals surface area contributed by atoms with Gasteiger partial charge >= 0.3 is 0 Å². The van der Waals surface area contributed by atoms with Crippen LogP contribution in [-0.4, -0.2) is 76.1 Å². The van der Waals surface area contributed by atoms with Crippen molar-refractivity contribution in [3.63, 3.8) is 0 Å². The summed E-state index contributed by atoms with van der Waals surface area (Å²) in [5.41, 5.74) is 4.75. The Bertz CT molecular complexity index is 1250. The Kier molecular flexibility index (Phi) is 6.67. The van der Waals surface area contributed by atoms with Gasteiger partial charge in [-0.05, 0) is 44.9 Å². The number of carbonyl (C=O) groups excluding carboxylic acids is 2. The number of hydrogen-bond donors (Lipinski definition) is 3. The molecule has 2 aliphatic heterocycles. The van der Waals surface area contributed by atoms with Crippen molar-refractivity contribution in [3.05, 3.63) is 35.6 Å². The van der Waals surface area contributed by atoms with E-state index in [2.05, 4.69) is 20.7 Å². The molecule has 0 saturated carbocycles. The minimum Gasteiger partial charge on any atom is -0.372 e. The predicted octanol–water partition coefficient (Wildman–Crippen LogP) is 3.30. The number of aromatic nitrogens is 2. The van der Waals surface area contributed by atoms with Gasteiger partial charge in [0.1, 0.15) is 6.04 Å². The van der Waals surface area contributed by atoms with Gasteiger partial charge in [0.2, 0.25) is 11.8 Å². The Morgan fingerprint density at radius 3 is 2.83 bits per heavy atom. The van der Waals surface area contributed by atoms with Crippen molar-refractivity contribution < 1.29 is 14.3 Å². The molecule has 0 unspecified atom stereocenters. The highest BCUT2D eigenvalue weighted by atomic mass is 35.5. The molecule has 2 aliphatic rings. The second-order valence-corrected chi connectivity index (χ2v) is 10.4. The Labute approximate surface area is 209 Å². The maximum absolute atomic E-state index is 13.5. The number of pyridine rings is 1. The summed E-state index contributed by atoms with van der Waals surface area (Å²) >= 11 is 6.40. The van der Waals surface area contributed by atoms with Gasteiger partial charge < -0.3 is 15.0 Å². The SMILES string of the molecule is CC1(C)CN(CC(=O)NN2CCCCC2)[C@H](C(=O)Nc2cc(Cl)cc3c2[nH]c2cnccc23)CO1. The molecule has 35 heavy (non-hydrogen) atoms. The van der Waals surface area contributed by atoms with Gasteiger partial charge in [0.15, 0.2) is 0 Å². The Morgan fingerprint density at radius 2 is 2.03 bits per heavy atom. The molecule has 0 aliphatic carbocycles. The highest BCUT2D eigenvalue weighted by Gasteiger charge is 2.38. The Balaban J connectivity index is 1.36. The summed E-state index contributed by atoms with van der Waals surface area (Å²) in [6.07, 6.45) is 6.81. The van der Waals surface area contributed by atoms with Gasteiger partial charge in [-0.2, -0.15) is 0 Å². The number of carbonyl (C=O) groups is 2. The summed E-state index contributed by atoms with van der Waals surface area (Å²) in [7, 11) is 0. The molecule has 0 radical (unpaired) electrons. The summed E-state index contributed by atoms with van der Waals surface area (Å²) < 4.78 is 5.97. The first-order valence-corrected chi connectivity index (χ1v) is 12.5. The normalized spacial score (nSPS) is 21.3. The summed E-state index contributed by atoms with van der Waals surface area (Å²) in [6, 6.07) is 4.89. The van der Waals surface area contributed by atoms with E-state index in [1.165, 1.54) is 6.42 Å². The molecule has 0 bridgehead atoms. The fourth-order valence-electron chi connectivity index (χ4n) is 5.00. The third kappa shape index (κ3) is 5.28. The van der Waals surface area contributed by atoms with Gasteiger partial charge in [-0.15, -0.1) is 0 Å². The first kappa shape index (κ1) is 24.0. The van der Waals surface area contributed by atoms with E-state index in [9.17, 15) is 9.59 Å². The van der Waals surface area contributed by atoms with Gasteiger partial charge in [0, 0.05) is 41.6 Å². The summed E-state index contributed by atoms with van der Waals surface area (Å²) in [5.74, 6) is -0.359. The first-order valence-electron chi connectivity index (χ1n) is 12.1. The molecule has 1 aromatic carbocycles. The Hall–Kier alpha value is -2.72. The number of halogens is 1. The van der Waals surface area contributed by atoms with Gasteiger partial charge in [-0.25, -0.2) is 5.01 Å². The number of aromatic amines is 1. The van der Waals surface area contributed by atoms with Gasteiger partial charge in [-0.1, -0.05) is 18.0 Å². The molecule has 1 atom stereocenters. The predicted molar refractivity (Wildman–Crippen MR) is 136 cm³/mol. The molecule has 3 N–H and O–H groups in total. The van der Waals surface area contributed by atoms with Crippen molar-refractivity contribution >= 4 is 50.9 Å². The van der Waals surface area contributed by atoms with Crippen molar-refractivity contribution in [3.8, 4) is 0 Å². The first-order chi connectivity index (χ1) is 16.8. The van der Waals surface area contributed by atoms with Crippen LogP contribution < -0.4 is 10.7 Å². The van der Waals surface area contributed by atoms with E-state index in [-0.39, 0.29) is 25.0 Å². The molecule has 2 amide bonds. The van der Waals surface area contributed by atoms with E-state index < -0.39 is 11.6 Å². The molecule has 10 heteroatoms. The maximum Gasteiger partial charge on any atom is 0.248 e. The van der Waals surface area contributed by atoms with Crippen molar-refractivity contribution in [2.45, 2.75) is 44.8 Å². The van der Waals surface area contributed by atoms with Crippen LogP contribution in [0.15, 0.2) is 30.6 Å². The standard InChI is InChI=1S/C25H31ClN6O3/c1-25(2)15-31(13-22(33)30-32-8-4-3-5-9-32)21(14-35-25)24(34)29-19-11-16(26)10-18-17-6-7-27-12-20(17)28-23(18)19/h6-7,10-12,21,28H,3-5,8-9,13-15H2,1-2H3,(H,29,34)(H,30,33)/t21-/m0/s1. The van der Waals surface area contributed by atoms with Crippen molar-refractivity contribution in [2.75, 3.05) is 38.1 Å².